The van der Waals surface area contributed by atoms with Crippen molar-refractivity contribution in [3.05, 3.63) is 210 Å². The van der Waals surface area contributed by atoms with Crippen LogP contribution in [0.15, 0.2) is 188 Å². The molecule has 0 amide bonds. The predicted octanol–water partition coefficient (Wildman–Crippen LogP) is 12.1. The van der Waals surface area contributed by atoms with Gasteiger partial charge in [-0.2, -0.15) is 0 Å². The van der Waals surface area contributed by atoms with Crippen molar-refractivity contribution in [1.82, 2.24) is 4.57 Å². The van der Waals surface area contributed by atoms with Gasteiger partial charge in [-0.1, -0.05) is 157 Å². The average Bonchev–Trinajstić information content (AvgIpc) is 3.67. The summed E-state index contributed by atoms with van der Waals surface area (Å²) in [6, 6.07) is 10.9. The van der Waals surface area contributed by atoms with Crippen LogP contribution in [0.25, 0.3) is 49.4 Å². The Morgan fingerprint density at radius 2 is 1.14 bits per heavy atom. The van der Waals surface area contributed by atoms with Crippen LogP contribution < -0.4 is 4.74 Å². The fourth-order valence-corrected chi connectivity index (χ4v) is 7.10. The van der Waals surface area contributed by atoms with Crippen molar-refractivity contribution in [2.45, 2.75) is 5.41 Å². The highest BCUT2D eigenvalue weighted by Crippen LogP contribution is 2.56. The van der Waals surface area contributed by atoms with Crippen molar-refractivity contribution in [2.24, 2.45) is 0 Å². The molecule has 49 heavy (non-hydrogen) atoms. The molecular formula is C47H31NO. The van der Waals surface area contributed by atoms with Crippen LogP contribution in [0.1, 0.15) is 45.6 Å². The van der Waals surface area contributed by atoms with Gasteiger partial charge in [0.15, 0.2) is 0 Å². The van der Waals surface area contributed by atoms with Crippen LogP contribution in [0.3, 0.4) is 0 Å². The second-order valence-electron chi connectivity index (χ2n) is 11.6. The van der Waals surface area contributed by atoms with Crippen LogP contribution in [-0.2, 0) is 5.41 Å². The summed E-state index contributed by atoms with van der Waals surface area (Å²) in [6.45, 7) is 0. The summed E-state index contributed by atoms with van der Waals surface area (Å²) < 4.78 is 165. The van der Waals surface area contributed by atoms with E-state index in [1.165, 1.54) is 0 Å². The minimum Gasteiger partial charge on any atom is -0.457 e. The first-order valence-electron chi connectivity index (χ1n) is 24.0. The maximum atomic E-state index is 10.4. The van der Waals surface area contributed by atoms with Crippen LogP contribution >= 0.6 is 0 Å². The first-order chi connectivity index (χ1) is 31.4. The van der Waals surface area contributed by atoms with Crippen molar-refractivity contribution in [3.63, 3.8) is 0 Å². The van der Waals surface area contributed by atoms with Gasteiger partial charge in [0, 0.05) is 38.5 Å². The topological polar surface area (TPSA) is 14.2 Å². The molecule has 0 spiro atoms. The van der Waals surface area contributed by atoms with E-state index in [0.717, 1.165) is 21.7 Å². The highest BCUT2D eigenvalue weighted by molar-refractivity contribution is 6.21. The standard InChI is InChI=1S/C47H31NO/c1-4-16-34(17-5-1)47(35-18-6-2-7-19-35)41-25-12-13-26-43(41)49-44-30-28-33(31-42(44)47)38-23-14-24-39-40-29-27-32-15-10-11-22-37(32)45(40)48(46(38)39)36-20-8-3-9-21-36/h1-31H/i1D,2D,4D,5D,6D,7D,12D,13D,16D,17D,18D,19D,25D,26D,28D,30D,31D. The summed E-state index contributed by atoms with van der Waals surface area (Å²) in [4.78, 5) is 0. The van der Waals surface area contributed by atoms with E-state index >= 15 is 0 Å². The normalized spacial score (nSPS) is 18.1. The van der Waals surface area contributed by atoms with E-state index in [9.17, 15) is 11.0 Å². The Hall–Kier alpha value is -6.38. The molecule has 230 valence electrons. The lowest BCUT2D eigenvalue weighted by molar-refractivity contribution is 0.434. The molecular weight excluding hydrogens is 595 g/mol. The van der Waals surface area contributed by atoms with E-state index in [4.69, 9.17) is 17.1 Å². The summed E-state index contributed by atoms with van der Waals surface area (Å²) in [5.41, 5.74) is -4.28. The zero-order valence-electron chi connectivity index (χ0n) is 42.4. The number of aromatic nitrogens is 1. The number of ether oxygens (including phenoxy) is 1. The van der Waals surface area contributed by atoms with E-state index in [1.807, 2.05) is 77.4 Å². The third-order valence-electron chi connectivity index (χ3n) is 9.09. The highest BCUT2D eigenvalue weighted by Gasteiger charge is 2.45. The molecule has 9 aromatic rings. The predicted molar refractivity (Wildman–Crippen MR) is 202 cm³/mol. The Balaban J connectivity index is 1.51. The zero-order chi connectivity index (χ0) is 47.2. The van der Waals surface area contributed by atoms with Crippen molar-refractivity contribution < 1.29 is 28.0 Å². The maximum absolute atomic E-state index is 10.4. The van der Waals surface area contributed by atoms with Gasteiger partial charge < -0.3 is 9.30 Å². The number of fused-ring (bicyclic) bond motifs is 7. The molecule has 1 aliphatic heterocycles. The molecule has 2 nitrogen and oxygen atoms in total. The molecule has 0 atom stereocenters. The second kappa shape index (κ2) is 10.8. The van der Waals surface area contributed by atoms with Gasteiger partial charge in [0.25, 0.3) is 0 Å². The molecule has 0 saturated heterocycles. The fraction of sp³-hybridized carbons (Fsp3) is 0.0213. The van der Waals surface area contributed by atoms with Gasteiger partial charge in [0.05, 0.1) is 39.8 Å². The number of rotatable bonds is 4. The third-order valence-corrected chi connectivity index (χ3v) is 9.09. The Kier molecular flexibility index (Phi) is 3.47. The second-order valence-corrected chi connectivity index (χ2v) is 11.6. The Morgan fingerprint density at radius 3 is 1.94 bits per heavy atom. The zero-order valence-corrected chi connectivity index (χ0v) is 25.4. The minimum atomic E-state index is -3.04. The van der Waals surface area contributed by atoms with Gasteiger partial charge in [-0.15, -0.1) is 0 Å². The molecule has 0 fully saturated rings. The number of para-hydroxylation sites is 3. The maximum Gasteiger partial charge on any atom is 0.132 e. The van der Waals surface area contributed by atoms with E-state index in [-0.39, 0.29) is 11.1 Å². The molecule has 0 aliphatic carbocycles. The van der Waals surface area contributed by atoms with E-state index in [1.54, 1.807) is 12.1 Å². The Morgan fingerprint density at radius 1 is 0.490 bits per heavy atom. The third kappa shape index (κ3) is 4.01. The molecule has 8 aromatic carbocycles. The van der Waals surface area contributed by atoms with Crippen LogP contribution in [0, 0.1) is 0 Å². The van der Waals surface area contributed by atoms with Crippen molar-refractivity contribution in [2.75, 3.05) is 0 Å². The number of hydrogen-bond donors (Lipinski definition) is 0. The van der Waals surface area contributed by atoms with Crippen molar-refractivity contribution >= 4 is 32.6 Å². The van der Waals surface area contributed by atoms with Gasteiger partial charge in [-0.3, -0.25) is 0 Å². The molecule has 10 rings (SSSR count). The summed E-state index contributed by atoms with van der Waals surface area (Å²) in [7, 11) is 0. The van der Waals surface area contributed by atoms with Crippen molar-refractivity contribution in [1.29, 1.82) is 0 Å². The SMILES string of the molecule is [2H]c1c([2H])c([2H])c(C2(c3c([2H])c([2H])c([2H])c([2H])c3[2H])c3c([2H])c([2H])c([2H])c([2H])c3Oc3c([2H])c([2H])c(-c4cccc5c6ccc7ccccc7c6n(-c6ccccc6)c45)c([2H])c32)c([2H])c1[2H]. The number of benzene rings is 8. The van der Waals surface area contributed by atoms with Crippen LogP contribution in [-0.4, -0.2) is 4.57 Å². The summed E-state index contributed by atoms with van der Waals surface area (Å²) >= 11 is 0. The lowest BCUT2D eigenvalue weighted by Crippen LogP contribution is -2.34. The van der Waals surface area contributed by atoms with Crippen molar-refractivity contribution in [3.8, 4) is 28.3 Å². The fourth-order valence-electron chi connectivity index (χ4n) is 7.10. The molecule has 0 saturated carbocycles. The van der Waals surface area contributed by atoms with E-state index < -0.39 is 142 Å². The molecule has 2 heteroatoms. The van der Waals surface area contributed by atoms with Gasteiger partial charge in [-0.05, 0) is 52.3 Å². The summed E-state index contributed by atoms with van der Waals surface area (Å²) in [5, 5.41) is 3.24. The smallest absolute Gasteiger partial charge is 0.132 e. The molecule has 0 radical (unpaired) electrons. The largest absolute Gasteiger partial charge is 0.457 e. The minimum absolute atomic E-state index is 0.194. The monoisotopic (exact) mass is 642 g/mol. The van der Waals surface area contributed by atoms with Crippen LogP contribution in [0.5, 0.6) is 11.5 Å². The van der Waals surface area contributed by atoms with Gasteiger partial charge >= 0.3 is 0 Å². The van der Waals surface area contributed by atoms with Gasteiger partial charge in [-0.25, -0.2) is 0 Å². The summed E-state index contributed by atoms with van der Waals surface area (Å²) in [5.74, 6) is -1.50. The summed E-state index contributed by atoms with van der Waals surface area (Å²) in [6.07, 6.45) is 0. The molecule has 1 aromatic heterocycles. The lowest BCUT2D eigenvalue weighted by Gasteiger charge is -2.41. The first kappa shape index (κ1) is 15.7. The number of nitrogens with zero attached hydrogens (tertiary/aromatic N) is 1. The van der Waals surface area contributed by atoms with E-state index in [0.29, 0.717) is 16.6 Å². The first-order valence-corrected chi connectivity index (χ1v) is 15.5. The molecule has 0 N–H and O–H groups in total. The van der Waals surface area contributed by atoms with Gasteiger partial charge in [0.1, 0.15) is 11.5 Å². The average molecular weight is 643 g/mol. The molecule has 2 heterocycles. The van der Waals surface area contributed by atoms with Crippen LogP contribution in [0.4, 0.5) is 0 Å². The molecule has 0 bridgehead atoms. The van der Waals surface area contributed by atoms with Gasteiger partial charge in [0.2, 0.25) is 0 Å². The van der Waals surface area contributed by atoms with Crippen LogP contribution in [0.2, 0.25) is 0 Å². The Labute approximate surface area is 309 Å². The quantitative estimate of drug-likeness (QED) is 0.186. The van der Waals surface area contributed by atoms with E-state index in [2.05, 4.69) is 0 Å². The highest BCUT2D eigenvalue weighted by atomic mass is 16.5. The Bertz CT molecular complexity index is 3500. The number of hydrogen-bond acceptors (Lipinski definition) is 1. The lowest BCUT2D eigenvalue weighted by atomic mass is 9.63. The molecule has 1 aliphatic rings. The molecule has 0 unspecified atom stereocenters.